The first-order valence-corrected chi connectivity index (χ1v) is 6.85. The lowest BCUT2D eigenvalue weighted by molar-refractivity contribution is 0.265. The van der Waals surface area contributed by atoms with Crippen molar-refractivity contribution in [1.82, 2.24) is 14.9 Å². The quantitative estimate of drug-likeness (QED) is 0.825. The van der Waals surface area contributed by atoms with E-state index in [1.165, 1.54) is 6.33 Å². The Kier molecular flexibility index (Phi) is 6.15. The summed E-state index contributed by atoms with van der Waals surface area (Å²) in [6.45, 7) is 6.95. The van der Waals surface area contributed by atoms with Gasteiger partial charge in [0.05, 0.1) is 5.69 Å². The maximum absolute atomic E-state index is 14.0. The fourth-order valence-electron chi connectivity index (χ4n) is 2.01. The summed E-state index contributed by atoms with van der Waals surface area (Å²) >= 11 is 0. The highest BCUT2D eigenvalue weighted by Crippen LogP contribution is 2.15. The van der Waals surface area contributed by atoms with Crippen LogP contribution in [0, 0.1) is 11.7 Å². The third kappa shape index (κ3) is 4.74. The highest BCUT2D eigenvalue weighted by Gasteiger charge is 2.15. The van der Waals surface area contributed by atoms with Crippen LogP contribution in [0.4, 0.5) is 10.2 Å². The fraction of sp³-hybridized carbons (Fsp3) is 0.714. The van der Waals surface area contributed by atoms with E-state index in [1.54, 1.807) is 0 Å². The van der Waals surface area contributed by atoms with Crippen LogP contribution in [0.25, 0.3) is 0 Å². The van der Waals surface area contributed by atoms with E-state index in [0.717, 1.165) is 6.42 Å². The molecule has 0 bridgehead atoms. The SMILES string of the molecule is CCc1ncnc(NCC(CC(C)C)N(C)C)c1F. The number of aryl methyl sites for hydroxylation is 1. The van der Waals surface area contributed by atoms with E-state index in [1.807, 2.05) is 21.0 Å². The minimum Gasteiger partial charge on any atom is -0.366 e. The Hall–Kier alpha value is -1.23. The first-order valence-electron chi connectivity index (χ1n) is 6.85. The van der Waals surface area contributed by atoms with Gasteiger partial charge in [-0.3, -0.25) is 0 Å². The van der Waals surface area contributed by atoms with Crippen LogP contribution in [0.3, 0.4) is 0 Å². The molecule has 1 heterocycles. The van der Waals surface area contributed by atoms with E-state index in [-0.39, 0.29) is 5.82 Å². The molecule has 1 atom stereocenters. The van der Waals surface area contributed by atoms with Gasteiger partial charge in [0.15, 0.2) is 11.6 Å². The van der Waals surface area contributed by atoms with Crippen molar-refractivity contribution in [2.75, 3.05) is 26.0 Å². The van der Waals surface area contributed by atoms with Crippen molar-refractivity contribution in [3.8, 4) is 0 Å². The Labute approximate surface area is 115 Å². The minimum atomic E-state index is -0.327. The second-order valence-corrected chi connectivity index (χ2v) is 5.46. The summed E-state index contributed by atoms with van der Waals surface area (Å²) in [7, 11) is 4.09. The Balaban J connectivity index is 2.69. The third-order valence-corrected chi connectivity index (χ3v) is 3.18. The van der Waals surface area contributed by atoms with E-state index < -0.39 is 0 Å². The summed E-state index contributed by atoms with van der Waals surface area (Å²) in [6.07, 6.45) is 3.05. The maximum Gasteiger partial charge on any atom is 0.186 e. The van der Waals surface area contributed by atoms with Crippen molar-refractivity contribution in [2.45, 2.75) is 39.7 Å². The normalized spacial score (nSPS) is 13.1. The number of rotatable bonds is 7. The standard InChI is InChI=1S/C14H25FN4/c1-6-12-13(15)14(18-9-17-12)16-8-11(19(4)5)7-10(2)3/h9-11H,6-8H2,1-5H3,(H,16,17,18). The predicted molar refractivity (Wildman–Crippen MR) is 76.8 cm³/mol. The van der Waals surface area contributed by atoms with E-state index in [2.05, 4.69) is 34.0 Å². The van der Waals surface area contributed by atoms with E-state index in [0.29, 0.717) is 36.4 Å². The lowest BCUT2D eigenvalue weighted by atomic mass is 10.0. The Morgan fingerprint density at radius 1 is 1.32 bits per heavy atom. The maximum atomic E-state index is 14.0. The largest absolute Gasteiger partial charge is 0.366 e. The number of aromatic nitrogens is 2. The summed E-state index contributed by atoms with van der Waals surface area (Å²) in [4.78, 5) is 10.1. The number of hydrogen-bond acceptors (Lipinski definition) is 4. The van der Waals surface area contributed by atoms with Crippen LogP contribution >= 0.6 is 0 Å². The van der Waals surface area contributed by atoms with Crippen LogP contribution < -0.4 is 5.32 Å². The minimum absolute atomic E-state index is 0.308. The van der Waals surface area contributed by atoms with Gasteiger partial charge in [0, 0.05) is 12.6 Å². The van der Waals surface area contributed by atoms with Crippen LogP contribution in [0.5, 0.6) is 0 Å². The van der Waals surface area contributed by atoms with Gasteiger partial charge in [0.2, 0.25) is 0 Å². The van der Waals surface area contributed by atoms with Gasteiger partial charge in [-0.25, -0.2) is 14.4 Å². The van der Waals surface area contributed by atoms with Crippen LogP contribution in [0.1, 0.15) is 32.9 Å². The Morgan fingerprint density at radius 2 is 2.00 bits per heavy atom. The summed E-state index contributed by atoms with van der Waals surface area (Å²) < 4.78 is 14.0. The van der Waals surface area contributed by atoms with Gasteiger partial charge in [0.1, 0.15) is 6.33 Å². The van der Waals surface area contributed by atoms with Crippen LogP contribution in [0.2, 0.25) is 0 Å². The molecular weight excluding hydrogens is 243 g/mol. The molecule has 1 N–H and O–H groups in total. The van der Waals surface area contributed by atoms with Gasteiger partial charge >= 0.3 is 0 Å². The zero-order valence-corrected chi connectivity index (χ0v) is 12.6. The predicted octanol–water partition coefficient (Wildman–Crippen LogP) is 2.57. The summed E-state index contributed by atoms with van der Waals surface area (Å²) in [6, 6.07) is 0.361. The first kappa shape index (κ1) is 15.8. The highest BCUT2D eigenvalue weighted by atomic mass is 19.1. The van der Waals surface area contributed by atoms with E-state index in [4.69, 9.17) is 0 Å². The molecule has 0 fully saturated rings. The second-order valence-electron chi connectivity index (χ2n) is 5.46. The van der Waals surface area contributed by atoms with Gasteiger partial charge in [-0.2, -0.15) is 0 Å². The number of likely N-dealkylation sites (N-methyl/N-ethyl adjacent to an activating group) is 1. The molecule has 1 aromatic rings. The summed E-state index contributed by atoms with van der Waals surface area (Å²) in [5, 5.41) is 3.11. The number of halogens is 1. The molecule has 0 saturated heterocycles. The van der Waals surface area contributed by atoms with E-state index >= 15 is 0 Å². The van der Waals surface area contributed by atoms with Gasteiger partial charge in [-0.15, -0.1) is 0 Å². The Morgan fingerprint density at radius 3 is 2.53 bits per heavy atom. The molecule has 108 valence electrons. The molecule has 0 saturated carbocycles. The van der Waals surface area contributed by atoms with Gasteiger partial charge in [0.25, 0.3) is 0 Å². The molecule has 0 aliphatic rings. The summed E-state index contributed by atoms with van der Waals surface area (Å²) in [5.41, 5.74) is 0.461. The molecule has 19 heavy (non-hydrogen) atoms. The third-order valence-electron chi connectivity index (χ3n) is 3.18. The zero-order chi connectivity index (χ0) is 14.4. The number of nitrogens with zero attached hydrogens (tertiary/aromatic N) is 3. The van der Waals surface area contributed by atoms with Crippen molar-refractivity contribution < 1.29 is 4.39 Å². The number of nitrogens with one attached hydrogen (secondary N) is 1. The average Bonchev–Trinajstić information content (AvgIpc) is 2.35. The monoisotopic (exact) mass is 268 g/mol. The van der Waals surface area contributed by atoms with E-state index in [9.17, 15) is 4.39 Å². The van der Waals surface area contributed by atoms with Crippen molar-refractivity contribution in [3.63, 3.8) is 0 Å². The van der Waals surface area contributed by atoms with Gasteiger partial charge in [-0.1, -0.05) is 20.8 Å². The molecule has 1 aromatic heterocycles. The molecule has 0 amide bonds. The molecule has 0 aliphatic carbocycles. The molecule has 4 nitrogen and oxygen atoms in total. The molecule has 5 heteroatoms. The first-order chi connectivity index (χ1) is 8.95. The molecule has 0 spiro atoms. The highest BCUT2D eigenvalue weighted by molar-refractivity contribution is 5.37. The molecule has 0 aromatic carbocycles. The topological polar surface area (TPSA) is 41.1 Å². The number of anilines is 1. The molecular formula is C14H25FN4. The molecule has 0 radical (unpaired) electrons. The van der Waals surface area contributed by atoms with Crippen LogP contribution in [-0.4, -0.2) is 41.5 Å². The molecule has 0 aliphatic heterocycles. The number of hydrogen-bond donors (Lipinski definition) is 1. The second kappa shape index (κ2) is 7.38. The zero-order valence-electron chi connectivity index (χ0n) is 12.6. The Bertz CT molecular complexity index is 393. The van der Waals surface area contributed by atoms with Crippen molar-refractivity contribution in [2.24, 2.45) is 5.92 Å². The molecule has 1 unspecified atom stereocenters. The lowest BCUT2D eigenvalue weighted by Gasteiger charge is -2.26. The van der Waals surface area contributed by atoms with Gasteiger partial charge in [-0.05, 0) is 32.9 Å². The van der Waals surface area contributed by atoms with Crippen LogP contribution in [-0.2, 0) is 6.42 Å². The fourth-order valence-corrected chi connectivity index (χ4v) is 2.01. The van der Waals surface area contributed by atoms with Crippen molar-refractivity contribution in [3.05, 3.63) is 17.8 Å². The lowest BCUT2D eigenvalue weighted by Crippen LogP contribution is -2.36. The van der Waals surface area contributed by atoms with Crippen molar-refractivity contribution >= 4 is 5.82 Å². The molecule has 1 rings (SSSR count). The van der Waals surface area contributed by atoms with Crippen LogP contribution in [0.15, 0.2) is 6.33 Å². The van der Waals surface area contributed by atoms with Crippen molar-refractivity contribution in [1.29, 1.82) is 0 Å². The van der Waals surface area contributed by atoms with Gasteiger partial charge < -0.3 is 10.2 Å². The average molecular weight is 268 g/mol. The smallest absolute Gasteiger partial charge is 0.186 e. The summed E-state index contributed by atoms with van der Waals surface area (Å²) in [5.74, 6) is 0.588.